The Morgan fingerprint density at radius 3 is 2.29 bits per heavy atom. The normalized spacial score (nSPS) is 12.5. The van der Waals surface area contributed by atoms with E-state index in [1.165, 1.54) is 12.7 Å². The number of nitrogens with one attached hydrogen (secondary N) is 1. The first-order valence-electron chi connectivity index (χ1n) is 9.21. The third-order valence-corrected chi connectivity index (χ3v) is 5.66. The number of anilines is 2. The molecular weight excluding hydrogens is 376 g/mol. The molecule has 0 spiro atoms. The number of carbonyl (C=O) groups is 1. The van der Waals surface area contributed by atoms with Crippen LogP contribution in [0.3, 0.4) is 0 Å². The minimum absolute atomic E-state index is 0.320. The van der Waals surface area contributed by atoms with Crippen LogP contribution in [0, 0.1) is 0 Å². The predicted molar refractivity (Wildman–Crippen MR) is 114 cm³/mol. The first-order chi connectivity index (χ1) is 13.2. The second-order valence-corrected chi connectivity index (χ2v) is 8.81. The molecule has 0 aliphatic carbocycles. The van der Waals surface area contributed by atoms with Crippen LogP contribution in [0.1, 0.15) is 38.7 Å². The van der Waals surface area contributed by atoms with E-state index >= 15 is 0 Å². The topological polar surface area (TPSA) is 75.7 Å². The van der Waals surface area contributed by atoms with Crippen molar-refractivity contribution in [1.29, 1.82) is 0 Å². The summed E-state index contributed by atoms with van der Waals surface area (Å²) < 4.78 is 31.4. The number of hydrogen-bond acceptors (Lipinski definition) is 4. The average Bonchev–Trinajstić information content (AvgIpc) is 2.65. The lowest BCUT2D eigenvalue weighted by molar-refractivity contribution is -0.117. The summed E-state index contributed by atoms with van der Waals surface area (Å²) in [6.07, 6.45) is 1.42. The van der Waals surface area contributed by atoms with Crippen molar-refractivity contribution in [2.45, 2.75) is 39.2 Å². The number of hydrogen-bond donors (Lipinski definition) is 1. The molecule has 0 aromatic heterocycles. The van der Waals surface area contributed by atoms with Gasteiger partial charge in [-0.1, -0.05) is 39.0 Å². The molecule has 1 atom stereocenters. The quantitative estimate of drug-likeness (QED) is 0.721. The van der Waals surface area contributed by atoms with Crippen molar-refractivity contribution >= 4 is 27.3 Å². The van der Waals surface area contributed by atoms with Crippen molar-refractivity contribution in [3.05, 3.63) is 54.1 Å². The Hall–Kier alpha value is -2.54. The molecule has 2 aromatic rings. The van der Waals surface area contributed by atoms with Crippen LogP contribution in [-0.2, 0) is 14.8 Å². The first kappa shape index (κ1) is 21.8. The number of carbonyl (C=O) groups excluding carboxylic acids is 1. The Morgan fingerprint density at radius 2 is 1.79 bits per heavy atom. The first-order valence-corrected chi connectivity index (χ1v) is 11.1. The molecule has 2 rings (SSSR count). The van der Waals surface area contributed by atoms with Gasteiger partial charge in [0.1, 0.15) is 11.8 Å². The van der Waals surface area contributed by atoms with Gasteiger partial charge in [0.25, 0.3) is 0 Å². The van der Waals surface area contributed by atoms with Gasteiger partial charge in [-0.15, -0.1) is 0 Å². The molecule has 28 heavy (non-hydrogen) atoms. The number of nitrogens with zero attached hydrogens (tertiary/aromatic N) is 1. The fourth-order valence-corrected chi connectivity index (χ4v) is 4.19. The zero-order valence-electron chi connectivity index (χ0n) is 17.0. The van der Waals surface area contributed by atoms with Crippen molar-refractivity contribution in [1.82, 2.24) is 0 Å². The van der Waals surface area contributed by atoms with Crippen LogP contribution in [0.25, 0.3) is 0 Å². The van der Waals surface area contributed by atoms with Gasteiger partial charge in [0, 0.05) is 11.8 Å². The molecule has 0 fully saturated rings. The van der Waals surface area contributed by atoms with Gasteiger partial charge >= 0.3 is 0 Å². The molecule has 1 amide bonds. The van der Waals surface area contributed by atoms with E-state index in [1.54, 1.807) is 31.2 Å². The van der Waals surface area contributed by atoms with E-state index in [9.17, 15) is 13.2 Å². The molecule has 0 saturated heterocycles. The standard InChI is InChI=1S/C21H28N2O4S/c1-6-20(21(24)22-17-12-10-16(11-13-17)15(2)3)23(28(5,25)26)18-8-7-9-19(14-18)27-4/h7-15,20H,6H2,1-5H3,(H,22,24). The fraction of sp³-hybridized carbons (Fsp3) is 0.381. The number of ether oxygens (including phenoxy) is 1. The summed E-state index contributed by atoms with van der Waals surface area (Å²) in [5.41, 5.74) is 2.19. The van der Waals surface area contributed by atoms with E-state index in [2.05, 4.69) is 19.2 Å². The van der Waals surface area contributed by atoms with Gasteiger partial charge in [-0.2, -0.15) is 0 Å². The highest BCUT2D eigenvalue weighted by atomic mass is 32.2. The SMILES string of the molecule is CCC(C(=O)Nc1ccc(C(C)C)cc1)N(c1cccc(OC)c1)S(C)(=O)=O. The summed E-state index contributed by atoms with van der Waals surface area (Å²) >= 11 is 0. The number of benzene rings is 2. The fourth-order valence-electron chi connectivity index (χ4n) is 2.98. The van der Waals surface area contributed by atoms with E-state index in [4.69, 9.17) is 4.74 Å². The Labute approximate surface area is 167 Å². The lowest BCUT2D eigenvalue weighted by atomic mass is 10.0. The van der Waals surface area contributed by atoms with Crippen molar-refractivity contribution in [3.63, 3.8) is 0 Å². The van der Waals surface area contributed by atoms with E-state index in [0.29, 0.717) is 29.5 Å². The molecule has 152 valence electrons. The van der Waals surface area contributed by atoms with E-state index < -0.39 is 16.1 Å². The molecule has 1 unspecified atom stereocenters. The summed E-state index contributed by atoms with van der Waals surface area (Å²) in [5.74, 6) is 0.528. The summed E-state index contributed by atoms with van der Waals surface area (Å²) in [7, 11) is -2.18. The maximum Gasteiger partial charge on any atom is 0.248 e. The van der Waals surface area contributed by atoms with Crippen LogP contribution < -0.4 is 14.4 Å². The molecule has 2 aromatic carbocycles. The summed E-state index contributed by atoms with van der Waals surface area (Å²) in [5, 5.41) is 2.83. The maximum atomic E-state index is 12.9. The maximum absolute atomic E-state index is 12.9. The van der Waals surface area contributed by atoms with Crippen LogP contribution in [-0.4, -0.2) is 33.7 Å². The third kappa shape index (κ3) is 5.25. The largest absolute Gasteiger partial charge is 0.497 e. The molecule has 0 bridgehead atoms. The highest BCUT2D eigenvalue weighted by Gasteiger charge is 2.31. The number of sulfonamides is 1. The number of amides is 1. The van der Waals surface area contributed by atoms with Crippen LogP contribution in [0.5, 0.6) is 5.75 Å². The molecule has 0 heterocycles. The van der Waals surface area contributed by atoms with Crippen LogP contribution in [0.2, 0.25) is 0 Å². The van der Waals surface area contributed by atoms with Crippen LogP contribution in [0.15, 0.2) is 48.5 Å². The molecule has 6 nitrogen and oxygen atoms in total. The van der Waals surface area contributed by atoms with E-state index in [0.717, 1.165) is 10.6 Å². The smallest absolute Gasteiger partial charge is 0.248 e. The Bertz CT molecular complexity index is 908. The molecular formula is C21H28N2O4S. The van der Waals surface area contributed by atoms with Crippen molar-refractivity contribution < 1.29 is 17.9 Å². The lowest BCUT2D eigenvalue weighted by Gasteiger charge is -2.30. The molecule has 0 aliphatic heterocycles. The van der Waals surface area contributed by atoms with Gasteiger partial charge in [0.05, 0.1) is 19.1 Å². The van der Waals surface area contributed by atoms with Crippen LogP contribution >= 0.6 is 0 Å². The predicted octanol–water partition coefficient (Wildman–Crippen LogP) is 4.00. The van der Waals surface area contributed by atoms with Gasteiger partial charge in [-0.25, -0.2) is 8.42 Å². The second kappa shape index (κ2) is 9.10. The Morgan fingerprint density at radius 1 is 1.14 bits per heavy atom. The van der Waals surface area contributed by atoms with Crippen molar-refractivity contribution in [3.8, 4) is 5.75 Å². The monoisotopic (exact) mass is 404 g/mol. The molecule has 1 N–H and O–H groups in total. The van der Waals surface area contributed by atoms with Gasteiger partial charge in [-0.3, -0.25) is 9.10 Å². The van der Waals surface area contributed by atoms with Gasteiger partial charge in [0.15, 0.2) is 0 Å². The number of rotatable bonds is 8. The third-order valence-electron chi connectivity index (χ3n) is 4.48. The molecule has 0 saturated carbocycles. The van der Waals surface area contributed by atoms with Crippen molar-refractivity contribution in [2.24, 2.45) is 0 Å². The number of methoxy groups -OCH3 is 1. The Balaban J connectivity index is 2.33. The average molecular weight is 405 g/mol. The molecule has 7 heteroatoms. The van der Waals surface area contributed by atoms with Crippen molar-refractivity contribution in [2.75, 3.05) is 23.0 Å². The van der Waals surface area contributed by atoms with Crippen LogP contribution in [0.4, 0.5) is 11.4 Å². The lowest BCUT2D eigenvalue weighted by Crippen LogP contribution is -2.47. The Kier molecular flexibility index (Phi) is 7.07. The zero-order valence-corrected chi connectivity index (χ0v) is 17.8. The summed E-state index contributed by atoms with van der Waals surface area (Å²) in [6, 6.07) is 13.4. The molecule has 0 radical (unpaired) electrons. The minimum atomic E-state index is -3.69. The summed E-state index contributed by atoms with van der Waals surface area (Å²) in [6.45, 7) is 5.97. The van der Waals surface area contributed by atoms with Gasteiger partial charge < -0.3 is 10.1 Å². The highest BCUT2D eigenvalue weighted by Crippen LogP contribution is 2.27. The van der Waals surface area contributed by atoms with Gasteiger partial charge in [0.2, 0.25) is 15.9 Å². The molecule has 0 aliphatic rings. The second-order valence-electron chi connectivity index (χ2n) is 6.95. The van der Waals surface area contributed by atoms with E-state index in [-0.39, 0.29) is 5.91 Å². The minimum Gasteiger partial charge on any atom is -0.497 e. The van der Waals surface area contributed by atoms with Gasteiger partial charge in [-0.05, 0) is 42.2 Å². The zero-order chi connectivity index (χ0) is 20.9. The van der Waals surface area contributed by atoms with E-state index in [1.807, 2.05) is 24.3 Å². The highest BCUT2D eigenvalue weighted by molar-refractivity contribution is 7.92. The summed E-state index contributed by atoms with van der Waals surface area (Å²) in [4.78, 5) is 12.9.